The molecule has 8 nitrogen and oxygen atoms in total. The molecule has 0 aromatic carbocycles. The molecular weight excluding hydrogens is 420 g/mol. The van der Waals surface area contributed by atoms with Crippen LogP contribution in [-0.4, -0.2) is 58.5 Å². The number of piperazine rings is 1. The lowest BCUT2D eigenvalue weighted by Gasteiger charge is -2.25. The Kier molecular flexibility index (Phi) is 4.69. The van der Waals surface area contributed by atoms with Crippen LogP contribution in [0.2, 0.25) is 0 Å². The highest BCUT2D eigenvalue weighted by atomic mass is 32.2. The van der Waals surface area contributed by atoms with Crippen LogP contribution in [0.1, 0.15) is 30.9 Å². The molecular formula is C20H24N6O2S2. The molecule has 10 heteroatoms. The van der Waals surface area contributed by atoms with Gasteiger partial charge in [-0.2, -0.15) is 9.40 Å². The fraction of sp³-hybridized carbons (Fsp3) is 0.400. The summed E-state index contributed by atoms with van der Waals surface area (Å²) in [7, 11) is -3.47. The molecule has 0 bridgehead atoms. The fourth-order valence-electron chi connectivity index (χ4n) is 4.17. The Hall–Kier alpha value is -2.27. The van der Waals surface area contributed by atoms with E-state index >= 15 is 0 Å². The van der Waals surface area contributed by atoms with Gasteiger partial charge < -0.3 is 10.3 Å². The van der Waals surface area contributed by atoms with E-state index in [2.05, 4.69) is 40.3 Å². The zero-order chi connectivity index (χ0) is 21.0. The average Bonchev–Trinajstić information content (AvgIpc) is 3.42. The van der Waals surface area contributed by atoms with E-state index in [1.165, 1.54) is 11.3 Å². The first-order chi connectivity index (χ1) is 14.4. The standard InChI is InChI=1S/C20H24N6O2S2/c1-12(2)17-15-9-16(30(27,28)25-6-4-21-5-7-25)29-20(15)24-18(17)14-8-13(3)19-22-11-23-26(19)10-14/h8-12,21,24H,4-7H2,1-3H3. The van der Waals surface area contributed by atoms with Crippen LogP contribution in [0.25, 0.3) is 27.1 Å². The van der Waals surface area contributed by atoms with Gasteiger partial charge in [-0.15, -0.1) is 11.3 Å². The van der Waals surface area contributed by atoms with Crippen molar-refractivity contribution in [3.8, 4) is 11.3 Å². The minimum absolute atomic E-state index is 0.227. The predicted octanol–water partition coefficient (Wildman–Crippen LogP) is 2.96. The van der Waals surface area contributed by atoms with Crippen LogP contribution in [0.4, 0.5) is 0 Å². The maximum atomic E-state index is 13.1. The first-order valence-electron chi connectivity index (χ1n) is 10.0. The van der Waals surface area contributed by atoms with E-state index in [9.17, 15) is 8.42 Å². The van der Waals surface area contributed by atoms with E-state index in [1.807, 2.05) is 19.2 Å². The molecule has 1 fully saturated rings. The predicted molar refractivity (Wildman–Crippen MR) is 119 cm³/mol. The van der Waals surface area contributed by atoms with Crippen LogP contribution in [-0.2, 0) is 10.0 Å². The number of pyridine rings is 1. The largest absolute Gasteiger partial charge is 0.346 e. The number of nitrogens with one attached hydrogen (secondary N) is 2. The van der Waals surface area contributed by atoms with Gasteiger partial charge in [0.05, 0.1) is 5.69 Å². The van der Waals surface area contributed by atoms with E-state index < -0.39 is 10.0 Å². The van der Waals surface area contributed by atoms with Crippen LogP contribution in [0.5, 0.6) is 0 Å². The number of nitrogens with zero attached hydrogens (tertiary/aromatic N) is 4. The second-order valence-electron chi connectivity index (χ2n) is 7.97. The molecule has 1 aliphatic rings. The number of aryl methyl sites for hydroxylation is 1. The summed E-state index contributed by atoms with van der Waals surface area (Å²) in [5, 5.41) is 8.47. The minimum atomic E-state index is -3.47. The Balaban J connectivity index is 1.64. The van der Waals surface area contributed by atoms with Gasteiger partial charge in [-0.05, 0) is 36.1 Å². The lowest BCUT2D eigenvalue weighted by atomic mass is 9.97. The van der Waals surface area contributed by atoms with Gasteiger partial charge in [0.1, 0.15) is 15.4 Å². The zero-order valence-electron chi connectivity index (χ0n) is 17.1. The first-order valence-corrected chi connectivity index (χ1v) is 12.3. The zero-order valence-corrected chi connectivity index (χ0v) is 18.8. The molecule has 0 unspecified atom stereocenters. The summed E-state index contributed by atoms with van der Waals surface area (Å²) < 4.78 is 30.0. The summed E-state index contributed by atoms with van der Waals surface area (Å²) in [4.78, 5) is 8.69. The van der Waals surface area contributed by atoms with E-state index in [0.29, 0.717) is 30.4 Å². The second-order valence-corrected chi connectivity index (χ2v) is 11.2. The third-order valence-electron chi connectivity index (χ3n) is 5.60. The Bertz CT molecular complexity index is 1340. The molecule has 0 radical (unpaired) electrons. The normalized spacial score (nSPS) is 16.3. The molecule has 0 aliphatic carbocycles. The quantitative estimate of drug-likeness (QED) is 0.505. The van der Waals surface area contributed by atoms with Gasteiger partial charge in [-0.25, -0.2) is 17.9 Å². The topological polar surface area (TPSA) is 95.4 Å². The number of hydrogen-bond acceptors (Lipinski definition) is 6. The van der Waals surface area contributed by atoms with Crippen molar-refractivity contribution in [3.63, 3.8) is 0 Å². The van der Waals surface area contributed by atoms with Crippen molar-refractivity contribution in [2.24, 2.45) is 0 Å². The second kappa shape index (κ2) is 7.16. The van der Waals surface area contributed by atoms with Gasteiger partial charge in [0.15, 0.2) is 5.65 Å². The fourth-order valence-corrected chi connectivity index (χ4v) is 7.16. The van der Waals surface area contributed by atoms with Crippen molar-refractivity contribution < 1.29 is 8.42 Å². The van der Waals surface area contributed by atoms with Crippen molar-refractivity contribution in [1.29, 1.82) is 0 Å². The van der Waals surface area contributed by atoms with E-state index in [-0.39, 0.29) is 5.92 Å². The van der Waals surface area contributed by atoms with E-state index in [0.717, 1.165) is 38.2 Å². The molecule has 4 aromatic heterocycles. The van der Waals surface area contributed by atoms with E-state index in [1.54, 1.807) is 15.1 Å². The van der Waals surface area contributed by atoms with Gasteiger partial charge >= 0.3 is 0 Å². The highest BCUT2D eigenvalue weighted by Crippen LogP contribution is 2.41. The van der Waals surface area contributed by atoms with Crippen LogP contribution >= 0.6 is 11.3 Å². The number of sulfonamides is 1. The average molecular weight is 445 g/mol. The molecule has 0 spiro atoms. The van der Waals surface area contributed by atoms with Crippen molar-refractivity contribution in [2.45, 2.75) is 30.9 Å². The Labute approximate surface area is 179 Å². The molecule has 0 saturated carbocycles. The number of H-pyrrole nitrogens is 1. The van der Waals surface area contributed by atoms with Crippen LogP contribution in [0.15, 0.2) is 28.9 Å². The Morgan fingerprint density at radius 1 is 1.20 bits per heavy atom. The van der Waals surface area contributed by atoms with Gasteiger partial charge in [0.2, 0.25) is 0 Å². The molecule has 0 amide bonds. The molecule has 4 aromatic rings. The smallest absolute Gasteiger partial charge is 0.252 e. The Morgan fingerprint density at radius 3 is 2.70 bits per heavy atom. The van der Waals surface area contributed by atoms with Gasteiger partial charge in [0.25, 0.3) is 10.0 Å². The van der Waals surface area contributed by atoms with Crippen LogP contribution < -0.4 is 5.32 Å². The lowest BCUT2D eigenvalue weighted by molar-refractivity contribution is 0.361. The van der Waals surface area contributed by atoms with E-state index in [4.69, 9.17) is 0 Å². The molecule has 5 heterocycles. The molecule has 1 saturated heterocycles. The van der Waals surface area contributed by atoms with Gasteiger partial charge in [-0.3, -0.25) is 0 Å². The van der Waals surface area contributed by atoms with Crippen LogP contribution in [0, 0.1) is 6.92 Å². The highest BCUT2D eigenvalue weighted by Gasteiger charge is 2.29. The molecule has 2 N–H and O–H groups in total. The van der Waals surface area contributed by atoms with Crippen molar-refractivity contribution in [3.05, 3.63) is 35.8 Å². The highest BCUT2D eigenvalue weighted by molar-refractivity contribution is 7.91. The summed E-state index contributed by atoms with van der Waals surface area (Å²) in [6.45, 7) is 8.68. The lowest BCUT2D eigenvalue weighted by Crippen LogP contribution is -2.46. The number of rotatable bonds is 4. The SMILES string of the molecule is Cc1cc(-c2[nH]c3sc(S(=O)(=O)N4CCNCC4)cc3c2C(C)C)cn2ncnc12. The maximum Gasteiger partial charge on any atom is 0.252 e. The molecule has 30 heavy (non-hydrogen) atoms. The third-order valence-corrected chi connectivity index (χ3v) is 9.00. The number of fused-ring (bicyclic) bond motifs is 2. The third kappa shape index (κ3) is 3.06. The molecule has 1 aliphatic heterocycles. The summed E-state index contributed by atoms with van der Waals surface area (Å²) in [5.41, 5.74) is 5.03. The van der Waals surface area contributed by atoms with Gasteiger partial charge in [-0.1, -0.05) is 13.8 Å². The summed E-state index contributed by atoms with van der Waals surface area (Å²) >= 11 is 1.31. The Morgan fingerprint density at radius 2 is 1.97 bits per heavy atom. The monoisotopic (exact) mass is 444 g/mol. The summed E-state index contributed by atoms with van der Waals surface area (Å²) in [6, 6.07) is 3.94. The molecule has 0 atom stereocenters. The number of aromatic nitrogens is 4. The molecule has 5 rings (SSSR count). The van der Waals surface area contributed by atoms with Crippen molar-refractivity contribution in [2.75, 3.05) is 26.2 Å². The number of aromatic amines is 1. The van der Waals surface area contributed by atoms with Crippen LogP contribution in [0.3, 0.4) is 0 Å². The molecule has 158 valence electrons. The summed E-state index contributed by atoms with van der Waals surface area (Å²) in [6.07, 6.45) is 3.52. The number of thiophene rings is 1. The van der Waals surface area contributed by atoms with Gasteiger partial charge in [0, 0.05) is 43.3 Å². The minimum Gasteiger partial charge on any atom is -0.346 e. The number of hydrogen-bond donors (Lipinski definition) is 2. The van der Waals surface area contributed by atoms with Crippen molar-refractivity contribution in [1.82, 2.24) is 29.2 Å². The summed E-state index contributed by atoms with van der Waals surface area (Å²) in [5.74, 6) is 0.227. The first kappa shape index (κ1) is 19.7. The van der Waals surface area contributed by atoms with Crippen molar-refractivity contribution >= 4 is 37.2 Å². The maximum absolute atomic E-state index is 13.1.